The minimum Gasteiger partial charge on any atom is -0.453 e. The first-order valence-electron chi connectivity index (χ1n) is 12.5. The van der Waals surface area contributed by atoms with Crippen LogP contribution in [0, 0.1) is 5.92 Å². The SMILES string of the molecule is COC(=O)N(Cc1cc(C(F)(F)F)cc(C(F)(F)F)c1)[C@H]1C[C@](Cl)(C2CC2)N(C(=O)OC(C)C)c2ccccc21. The van der Waals surface area contributed by atoms with Crippen LogP contribution in [-0.2, 0) is 28.4 Å². The third-order valence-electron chi connectivity index (χ3n) is 6.90. The van der Waals surface area contributed by atoms with Crippen LogP contribution in [0.2, 0.25) is 0 Å². The molecule has 1 heterocycles. The van der Waals surface area contributed by atoms with E-state index in [9.17, 15) is 35.9 Å². The van der Waals surface area contributed by atoms with Gasteiger partial charge in [-0.1, -0.05) is 29.8 Å². The van der Waals surface area contributed by atoms with E-state index in [1.165, 1.54) is 4.90 Å². The minimum absolute atomic E-state index is 0.0248. The number of amides is 2. The highest BCUT2D eigenvalue weighted by molar-refractivity contribution is 6.28. The van der Waals surface area contributed by atoms with E-state index in [0.717, 1.165) is 12.0 Å². The summed E-state index contributed by atoms with van der Waals surface area (Å²) in [4.78, 5) is 27.3. The molecule has 2 aliphatic rings. The Balaban J connectivity index is 1.83. The van der Waals surface area contributed by atoms with Gasteiger partial charge in [-0.25, -0.2) is 9.59 Å². The fourth-order valence-corrected chi connectivity index (χ4v) is 5.55. The summed E-state index contributed by atoms with van der Waals surface area (Å²) >= 11 is 7.15. The molecule has 0 bridgehead atoms. The Bertz CT molecular complexity index is 1250. The van der Waals surface area contributed by atoms with Crippen LogP contribution in [0.15, 0.2) is 42.5 Å². The van der Waals surface area contributed by atoms with Crippen molar-refractivity contribution >= 4 is 29.5 Å². The highest BCUT2D eigenvalue weighted by Crippen LogP contribution is 2.57. The number of hydrogen-bond donors (Lipinski definition) is 0. The topological polar surface area (TPSA) is 59.1 Å². The van der Waals surface area contributed by atoms with Gasteiger partial charge in [-0.15, -0.1) is 0 Å². The number of ether oxygens (including phenoxy) is 2. The standard InChI is InChI=1S/C27H27ClF6N2O4/c1-15(2)40-24(38)36-21-7-5-4-6-20(21)22(13-25(36,28)17-8-9-17)35(23(37)39-3)14-16-10-18(26(29,30)31)12-19(11-16)27(32,33)34/h4-7,10-12,15,17,22H,8-9,13-14H2,1-3H3/t22-,25+/m0/s1. The van der Waals surface area contributed by atoms with Crippen molar-refractivity contribution in [2.75, 3.05) is 12.0 Å². The molecule has 0 radical (unpaired) electrons. The molecular weight excluding hydrogens is 566 g/mol. The maximum atomic E-state index is 13.5. The van der Waals surface area contributed by atoms with E-state index < -0.39 is 64.9 Å². The summed E-state index contributed by atoms with van der Waals surface area (Å²) in [5.41, 5.74) is -2.68. The normalized spacial score (nSPS) is 21.2. The number of methoxy groups -OCH3 is 1. The van der Waals surface area contributed by atoms with Gasteiger partial charge in [0.1, 0.15) is 5.00 Å². The maximum Gasteiger partial charge on any atom is 0.416 e. The lowest BCUT2D eigenvalue weighted by Crippen LogP contribution is -2.56. The molecule has 40 heavy (non-hydrogen) atoms. The van der Waals surface area contributed by atoms with Gasteiger partial charge in [0.2, 0.25) is 0 Å². The monoisotopic (exact) mass is 592 g/mol. The van der Waals surface area contributed by atoms with E-state index >= 15 is 0 Å². The molecular formula is C27H27ClF6N2O4. The molecule has 0 spiro atoms. The number of benzene rings is 2. The first-order valence-corrected chi connectivity index (χ1v) is 12.9. The third kappa shape index (κ3) is 5.96. The molecule has 2 aromatic carbocycles. The zero-order valence-corrected chi connectivity index (χ0v) is 22.5. The van der Waals surface area contributed by atoms with Crippen molar-refractivity contribution in [2.45, 2.75) is 69.2 Å². The molecule has 13 heteroatoms. The Morgan fingerprint density at radius 2 is 1.62 bits per heavy atom. The number of fused-ring (bicyclic) bond motifs is 1. The van der Waals surface area contributed by atoms with Crippen LogP contribution in [0.25, 0.3) is 0 Å². The van der Waals surface area contributed by atoms with Gasteiger partial charge >= 0.3 is 24.5 Å². The Kier molecular flexibility index (Phi) is 7.96. The van der Waals surface area contributed by atoms with Gasteiger partial charge in [-0.2, -0.15) is 26.3 Å². The molecule has 1 aliphatic heterocycles. The molecule has 0 unspecified atom stereocenters. The molecule has 218 valence electrons. The lowest BCUT2D eigenvalue weighted by atomic mass is 9.87. The number of para-hydroxylation sites is 1. The number of halogens is 7. The first kappa shape index (κ1) is 29.8. The molecule has 2 atom stereocenters. The summed E-state index contributed by atoms with van der Waals surface area (Å²) in [5, 5.41) is 0. The number of nitrogens with zero attached hydrogens (tertiary/aromatic N) is 2. The lowest BCUT2D eigenvalue weighted by Gasteiger charge is -2.48. The number of alkyl halides is 7. The van der Waals surface area contributed by atoms with Gasteiger partial charge in [0.25, 0.3) is 0 Å². The van der Waals surface area contributed by atoms with Gasteiger partial charge in [0.15, 0.2) is 0 Å². The second-order valence-electron chi connectivity index (χ2n) is 10.2. The Labute approximate surface area is 231 Å². The van der Waals surface area contributed by atoms with Crippen molar-refractivity contribution < 1.29 is 45.4 Å². The molecule has 0 saturated heterocycles. The Morgan fingerprint density at radius 1 is 1.05 bits per heavy atom. The highest BCUT2D eigenvalue weighted by Gasteiger charge is 2.57. The van der Waals surface area contributed by atoms with E-state index in [-0.39, 0.29) is 18.4 Å². The van der Waals surface area contributed by atoms with Crippen molar-refractivity contribution in [1.82, 2.24) is 4.90 Å². The summed E-state index contributed by atoms with van der Waals surface area (Å²) in [5.74, 6) is -0.186. The van der Waals surface area contributed by atoms with Crippen LogP contribution in [0.4, 0.5) is 41.6 Å². The highest BCUT2D eigenvalue weighted by atomic mass is 35.5. The van der Waals surface area contributed by atoms with Crippen LogP contribution >= 0.6 is 11.6 Å². The average Bonchev–Trinajstić information content (AvgIpc) is 3.71. The smallest absolute Gasteiger partial charge is 0.416 e. The quantitative estimate of drug-likeness (QED) is 0.200. The molecule has 4 rings (SSSR count). The Hall–Kier alpha value is -3.15. The molecule has 1 saturated carbocycles. The molecule has 1 aliphatic carbocycles. The van der Waals surface area contributed by atoms with Crippen molar-refractivity contribution in [2.24, 2.45) is 5.92 Å². The summed E-state index contributed by atoms with van der Waals surface area (Å²) in [6.45, 7) is 2.70. The number of carbonyl (C=O) groups excluding carboxylic acids is 2. The number of hydrogen-bond acceptors (Lipinski definition) is 4. The lowest BCUT2D eigenvalue weighted by molar-refractivity contribution is -0.143. The van der Waals surface area contributed by atoms with Crippen molar-refractivity contribution in [3.8, 4) is 0 Å². The fraction of sp³-hybridized carbons (Fsp3) is 0.481. The van der Waals surface area contributed by atoms with Gasteiger partial charge in [-0.3, -0.25) is 9.80 Å². The zero-order valence-electron chi connectivity index (χ0n) is 21.8. The molecule has 2 aromatic rings. The van der Waals surface area contributed by atoms with Gasteiger partial charge in [-0.05, 0) is 68.0 Å². The largest absolute Gasteiger partial charge is 0.453 e. The molecule has 0 aromatic heterocycles. The van der Waals surface area contributed by atoms with Crippen LogP contribution in [0.1, 0.15) is 61.4 Å². The number of anilines is 1. The van der Waals surface area contributed by atoms with Crippen LogP contribution < -0.4 is 4.90 Å². The van der Waals surface area contributed by atoms with E-state index in [4.69, 9.17) is 21.1 Å². The summed E-state index contributed by atoms with van der Waals surface area (Å²) in [7, 11) is 1.05. The maximum absolute atomic E-state index is 13.5. The number of carbonyl (C=O) groups is 2. The summed E-state index contributed by atoms with van der Waals surface area (Å²) in [6.07, 6.45) is -11.0. The van der Waals surface area contributed by atoms with E-state index in [2.05, 4.69) is 0 Å². The van der Waals surface area contributed by atoms with Crippen molar-refractivity contribution in [3.63, 3.8) is 0 Å². The molecule has 1 fully saturated rings. The summed E-state index contributed by atoms with van der Waals surface area (Å²) < 4.78 is 91.5. The Morgan fingerprint density at radius 3 is 2.12 bits per heavy atom. The second kappa shape index (κ2) is 10.7. The average molecular weight is 593 g/mol. The number of rotatable bonds is 5. The molecule has 2 amide bonds. The molecule has 6 nitrogen and oxygen atoms in total. The van der Waals surface area contributed by atoms with E-state index in [0.29, 0.717) is 36.2 Å². The van der Waals surface area contributed by atoms with Gasteiger partial charge in [0.05, 0.1) is 36.1 Å². The fourth-order valence-electron chi connectivity index (χ4n) is 5.03. The first-order chi connectivity index (χ1) is 18.6. The minimum atomic E-state index is -5.06. The summed E-state index contributed by atoms with van der Waals surface area (Å²) in [6, 6.07) is 6.71. The van der Waals surface area contributed by atoms with Crippen LogP contribution in [0.3, 0.4) is 0 Å². The predicted octanol–water partition coefficient (Wildman–Crippen LogP) is 8.13. The van der Waals surface area contributed by atoms with Crippen LogP contribution in [0.5, 0.6) is 0 Å². The third-order valence-corrected chi connectivity index (χ3v) is 7.53. The van der Waals surface area contributed by atoms with E-state index in [1.54, 1.807) is 38.1 Å². The predicted molar refractivity (Wildman–Crippen MR) is 134 cm³/mol. The van der Waals surface area contributed by atoms with Gasteiger partial charge < -0.3 is 9.47 Å². The zero-order chi connectivity index (χ0) is 29.6. The van der Waals surface area contributed by atoms with E-state index in [1.807, 2.05) is 0 Å². The second-order valence-corrected chi connectivity index (χ2v) is 10.8. The van der Waals surface area contributed by atoms with Crippen LogP contribution in [-0.4, -0.2) is 35.3 Å². The van der Waals surface area contributed by atoms with Crippen molar-refractivity contribution in [3.05, 3.63) is 64.7 Å². The van der Waals surface area contributed by atoms with Crippen molar-refractivity contribution in [1.29, 1.82) is 0 Å². The molecule has 0 N–H and O–H groups in total. The van der Waals surface area contributed by atoms with Gasteiger partial charge in [0, 0.05) is 13.0 Å².